The molecule has 1 unspecified atom stereocenters. The lowest BCUT2D eigenvalue weighted by Crippen LogP contribution is -2.48. The molecule has 0 saturated carbocycles. The van der Waals surface area contributed by atoms with Crippen molar-refractivity contribution in [2.24, 2.45) is 0 Å². The summed E-state index contributed by atoms with van der Waals surface area (Å²) in [5, 5.41) is 9.09. The van der Waals surface area contributed by atoms with Crippen molar-refractivity contribution in [2.75, 3.05) is 0 Å². The minimum Gasteiger partial charge on any atom is -0.480 e. The third kappa shape index (κ3) is 6.14. The highest BCUT2D eigenvalue weighted by atomic mass is 32.2. The molecule has 0 amide bonds. The van der Waals surface area contributed by atoms with Gasteiger partial charge < -0.3 is 5.11 Å². The predicted octanol–water partition coefficient (Wildman–Crippen LogP) is 0.905. The average Bonchev–Trinajstić information content (AvgIpc) is 2.33. The summed E-state index contributed by atoms with van der Waals surface area (Å²) in [6.45, 7) is 3.33. The number of hydrogen-bond acceptors (Lipinski definition) is 3. The van der Waals surface area contributed by atoms with E-state index in [1.54, 1.807) is 13.8 Å². The Morgan fingerprint density at radius 3 is 2.30 bits per heavy atom. The van der Waals surface area contributed by atoms with Crippen molar-refractivity contribution in [3.8, 4) is 0 Å². The quantitative estimate of drug-likeness (QED) is 0.665. The second-order valence-corrected chi connectivity index (χ2v) is 6.29. The van der Waals surface area contributed by atoms with Crippen LogP contribution in [0.3, 0.4) is 0 Å². The zero-order valence-electron chi connectivity index (χ0n) is 11.5. The van der Waals surface area contributed by atoms with E-state index in [2.05, 4.69) is 9.44 Å². The van der Waals surface area contributed by atoms with Crippen LogP contribution in [0.5, 0.6) is 0 Å². The van der Waals surface area contributed by atoms with Crippen LogP contribution in [0.1, 0.15) is 25.8 Å². The molecule has 0 aliphatic rings. The largest absolute Gasteiger partial charge is 0.480 e. The third-order valence-electron chi connectivity index (χ3n) is 2.55. The fourth-order valence-electron chi connectivity index (χ4n) is 1.72. The van der Waals surface area contributed by atoms with E-state index in [-0.39, 0.29) is 12.5 Å². The van der Waals surface area contributed by atoms with Crippen molar-refractivity contribution < 1.29 is 18.3 Å². The van der Waals surface area contributed by atoms with Crippen molar-refractivity contribution in [2.45, 2.75) is 38.8 Å². The van der Waals surface area contributed by atoms with Crippen molar-refractivity contribution in [3.05, 3.63) is 35.9 Å². The van der Waals surface area contributed by atoms with E-state index in [0.29, 0.717) is 6.42 Å². The van der Waals surface area contributed by atoms with Gasteiger partial charge in [0.2, 0.25) is 0 Å². The van der Waals surface area contributed by atoms with Gasteiger partial charge in [-0.25, -0.2) is 0 Å². The molecule has 3 N–H and O–H groups in total. The van der Waals surface area contributed by atoms with Crippen LogP contribution in [0.15, 0.2) is 30.3 Å². The maximum absolute atomic E-state index is 11.7. The molecule has 7 heteroatoms. The molecule has 0 heterocycles. The second kappa shape index (κ2) is 7.37. The summed E-state index contributed by atoms with van der Waals surface area (Å²) in [4.78, 5) is 11.1. The van der Waals surface area contributed by atoms with E-state index in [4.69, 9.17) is 5.11 Å². The van der Waals surface area contributed by atoms with E-state index in [1.165, 1.54) is 0 Å². The summed E-state index contributed by atoms with van der Waals surface area (Å²) in [6, 6.07) is 7.89. The Hall–Kier alpha value is -1.44. The first-order valence-corrected chi connectivity index (χ1v) is 7.85. The standard InChI is InChI=1S/C13H20N2O4S/c1-10(2)14-20(18,19)15-12(13(16)17)9-8-11-6-4-3-5-7-11/h3-7,10,12,14-15H,8-9H2,1-2H3,(H,16,17). The summed E-state index contributed by atoms with van der Waals surface area (Å²) < 4.78 is 27.8. The van der Waals surface area contributed by atoms with Crippen LogP contribution in [0.25, 0.3) is 0 Å². The molecule has 6 nitrogen and oxygen atoms in total. The van der Waals surface area contributed by atoms with Crippen molar-refractivity contribution in [3.63, 3.8) is 0 Å². The lowest BCUT2D eigenvalue weighted by atomic mass is 10.1. The first kappa shape index (κ1) is 16.6. The monoisotopic (exact) mass is 300 g/mol. The molecule has 1 aromatic rings. The fourth-order valence-corrected chi connectivity index (χ4v) is 3.00. The van der Waals surface area contributed by atoms with Gasteiger partial charge in [0.15, 0.2) is 0 Å². The van der Waals surface area contributed by atoms with Crippen molar-refractivity contribution in [1.82, 2.24) is 9.44 Å². The number of aryl methyl sites for hydroxylation is 1. The SMILES string of the molecule is CC(C)NS(=O)(=O)NC(CCc1ccccc1)C(=O)O. The molecular weight excluding hydrogens is 280 g/mol. The van der Waals surface area contributed by atoms with Crippen LogP contribution in [0.4, 0.5) is 0 Å². The zero-order valence-corrected chi connectivity index (χ0v) is 12.4. The molecule has 1 atom stereocenters. The lowest BCUT2D eigenvalue weighted by molar-refractivity contribution is -0.139. The molecule has 20 heavy (non-hydrogen) atoms. The predicted molar refractivity (Wildman–Crippen MR) is 76.5 cm³/mol. The summed E-state index contributed by atoms with van der Waals surface area (Å²) in [5.41, 5.74) is 0.967. The molecule has 0 radical (unpaired) electrons. The number of aliphatic carboxylic acids is 1. The number of nitrogens with one attached hydrogen (secondary N) is 2. The Morgan fingerprint density at radius 1 is 1.20 bits per heavy atom. The van der Waals surface area contributed by atoms with Gasteiger partial charge in [0, 0.05) is 6.04 Å². The molecule has 0 fully saturated rings. The van der Waals surface area contributed by atoms with Gasteiger partial charge in [-0.3, -0.25) is 4.79 Å². The van der Waals surface area contributed by atoms with Gasteiger partial charge in [-0.1, -0.05) is 30.3 Å². The molecule has 0 aliphatic heterocycles. The van der Waals surface area contributed by atoms with Gasteiger partial charge in [0.1, 0.15) is 6.04 Å². The number of carbonyl (C=O) groups is 1. The Labute approximate surface area is 119 Å². The Balaban J connectivity index is 2.64. The van der Waals surface area contributed by atoms with Gasteiger partial charge >= 0.3 is 5.97 Å². The van der Waals surface area contributed by atoms with Crippen LogP contribution < -0.4 is 9.44 Å². The van der Waals surface area contributed by atoms with Gasteiger partial charge in [-0.2, -0.15) is 17.9 Å². The van der Waals surface area contributed by atoms with Crippen LogP contribution >= 0.6 is 0 Å². The highest BCUT2D eigenvalue weighted by molar-refractivity contribution is 7.87. The van der Waals surface area contributed by atoms with Crippen molar-refractivity contribution >= 4 is 16.2 Å². The van der Waals surface area contributed by atoms with Crippen LogP contribution in [0.2, 0.25) is 0 Å². The van der Waals surface area contributed by atoms with Crippen LogP contribution in [0, 0.1) is 0 Å². The topological polar surface area (TPSA) is 95.5 Å². The second-order valence-electron chi connectivity index (χ2n) is 4.81. The number of benzene rings is 1. The van der Waals surface area contributed by atoms with E-state index in [9.17, 15) is 13.2 Å². The Morgan fingerprint density at radius 2 is 1.80 bits per heavy atom. The molecule has 1 rings (SSSR count). The normalized spacial score (nSPS) is 13.3. The first-order valence-electron chi connectivity index (χ1n) is 6.36. The molecular formula is C13H20N2O4S. The molecule has 1 aromatic carbocycles. The third-order valence-corrected chi connectivity index (χ3v) is 3.93. The maximum Gasteiger partial charge on any atom is 0.321 e. The number of carboxylic acids is 1. The zero-order chi connectivity index (χ0) is 15.2. The van der Waals surface area contributed by atoms with E-state index < -0.39 is 22.2 Å². The van der Waals surface area contributed by atoms with E-state index in [1.807, 2.05) is 30.3 Å². The highest BCUT2D eigenvalue weighted by Crippen LogP contribution is 2.06. The van der Waals surface area contributed by atoms with Crippen molar-refractivity contribution in [1.29, 1.82) is 0 Å². The van der Waals surface area contributed by atoms with Crippen LogP contribution in [-0.4, -0.2) is 31.6 Å². The Kier molecular flexibility index (Phi) is 6.12. The molecule has 0 spiro atoms. The fraction of sp³-hybridized carbons (Fsp3) is 0.462. The van der Waals surface area contributed by atoms with E-state index >= 15 is 0 Å². The average molecular weight is 300 g/mol. The minimum atomic E-state index is -3.81. The van der Waals surface area contributed by atoms with Gasteiger partial charge in [-0.05, 0) is 32.3 Å². The number of hydrogen-bond donors (Lipinski definition) is 3. The lowest BCUT2D eigenvalue weighted by Gasteiger charge is -2.16. The first-order chi connectivity index (χ1) is 9.30. The van der Waals surface area contributed by atoms with Crippen LogP contribution in [-0.2, 0) is 21.4 Å². The summed E-state index contributed by atoms with van der Waals surface area (Å²) in [6.07, 6.45) is 0.681. The van der Waals surface area contributed by atoms with Gasteiger partial charge in [-0.15, -0.1) is 0 Å². The summed E-state index contributed by atoms with van der Waals surface area (Å²) >= 11 is 0. The summed E-state index contributed by atoms with van der Waals surface area (Å²) in [5.74, 6) is -1.19. The molecule has 112 valence electrons. The molecule has 0 aliphatic carbocycles. The molecule has 0 aromatic heterocycles. The molecule has 0 bridgehead atoms. The van der Waals surface area contributed by atoms with Gasteiger partial charge in [0.05, 0.1) is 0 Å². The number of rotatable bonds is 8. The highest BCUT2D eigenvalue weighted by Gasteiger charge is 2.24. The maximum atomic E-state index is 11.7. The smallest absolute Gasteiger partial charge is 0.321 e. The molecule has 0 saturated heterocycles. The van der Waals surface area contributed by atoms with Gasteiger partial charge in [0.25, 0.3) is 10.2 Å². The van der Waals surface area contributed by atoms with E-state index in [0.717, 1.165) is 5.56 Å². The summed E-state index contributed by atoms with van der Waals surface area (Å²) in [7, 11) is -3.81. The Bertz CT molecular complexity index is 529. The minimum absolute atomic E-state index is 0.193. The number of carboxylic acid groups (broad SMARTS) is 1.